The first-order chi connectivity index (χ1) is 11.3. The Morgan fingerprint density at radius 2 is 2.04 bits per heavy atom. The molecule has 0 fully saturated rings. The molecule has 0 saturated heterocycles. The summed E-state index contributed by atoms with van der Waals surface area (Å²) >= 11 is 4.44. The fourth-order valence-corrected chi connectivity index (χ4v) is 5.27. The Morgan fingerprint density at radius 3 is 2.58 bits per heavy atom. The van der Waals surface area contributed by atoms with Gasteiger partial charge in [0.2, 0.25) is 10.0 Å². The van der Waals surface area contributed by atoms with Crippen molar-refractivity contribution in [3.05, 3.63) is 57.3 Å². The molecule has 0 amide bonds. The third-order valence-corrected chi connectivity index (χ3v) is 6.83. The van der Waals surface area contributed by atoms with Crippen molar-refractivity contribution in [2.75, 3.05) is 0 Å². The molecule has 0 atom stereocenters. The van der Waals surface area contributed by atoms with Crippen LogP contribution in [0.1, 0.15) is 17.0 Å². The Labute approximate surface area is 152 Å². The molecule has 0 radical (unpaired) electrons. The van der Waals surface area contributed by atoms with Crippen LogP contribution in [-0.4, -0.2) is 23.2 Å². The number of rotatable bonds is 5. The van der Waals surface area contributed by atoms with E-state index in [1.807, 2.05) is 32.0 Å². The van der Waals surface area contributed by atoms with Crippen molar-refractivity contribution in [3.63, 3.8) is 0 Å². The summed E-state index contributed by atoms with van der Waals surface area (Å²) in [4.78, 5) is 4.36. The largest absolute Gasteiger partial charge is 0.250 e. The van der Waals surface area contributed by atoms with Gasteiger partial charge in [-0.25, -0.2) is 22.8 Å². The molecule has 0 aliphatic heterocycles. The van der Waals surface area contributed by atoms with Gasteiger partial charge in [0.05, 0.1) is 9.48 Å². The highest BCUT2D eigenvalue weighted by Crippen LogP contribution is 2.25. The zero-order chi connectivity index (χ0) is 17.3. The molecule has 3 aromatic rings. The summed E-state index contributed by atoms with van der Waals surface area (Å²) in [5.74, 6) is 0.703. The van der Waals surface area contributed by atoms with Crippen LogP contribution in [0.4, 0.5) is 0 Å². The lowest BCUT2D eigenvalue weighted by Crippen LogP contribution is -2.22. The van der Waals surface area contributed by atoms with Crippen molar-refractivity contribution in [1.29, 1.82) is 0 Å². The number of aryl methyl sites for hydroxylation is 2. The summed E-state index contributed by atoms with van der Waals surface area (Å²) < 4.78 is 29.8. The van der Waals surface area contributed by atoms with Crippen LogP contribution in [0.3, 0.4) is 0 Å². The fourth-order valence-electron chi connectivity index (χ4n) is 2.20. The highest BCUT2D eigenvalue weighted by molar-refractivity contribution is 9.11. The summed E-state index contributed by atoms with van der Waals surface area (Å²) in [6.07, 6.45) is 1.65. The Morgan fingerprint density at radius 1 is 1.25 bits per heavy atom. The van der Waals surface area contributed by atoms with Crippen molar-refractivity contribution in [1.82, 2.24) is 19.5 Å². The van der Waals surface area contributed by atoms with Gasteiger partial charge in [-0.3, -0.25) is 0 Å². The van der Waals surface area contributed by atoms with Crippen molar-refractivity contribution in [3.8, 4) is 5.82 Å². The van der Waals surface area contributed by atoms with Crippen molar-refractivity contribution >= 4 is 37.3 Å². The molecule has 0 aliphatic carbocycles. The number of nitrogens with one attached hydrogen (secondary N) is 1. The van der Waals surface area contributed by atoms with Gasteiger partial charge in [-0.1, -0.05) is 6.07 Å². The predicted octanol–water partition coefficient (Wildman–Crippen LogP) is 3.19. The first kappa shape index (κ1) is 17.3. The monoisotopic (exact) mass is 426 g/mol. The molecule has 126 valence electrons. The van der Waals surface area contributed by atoms with Crippen LogP contribution in [0.15, 0.2) is 44.5 Å². The molecule has 24 heavy (non-hydrogen) atoms. The highest BCUT2D eigenvalue weighted by atomic mass is 79.9. The summed E-state index contributed by atoms with van der Waals surface area (Å²) in [6.45, 7) is 4.07. The molecule has 0 spiro atoms. The van der Waals surface area contributed by atoms with Gasteiger partial charge in [0.15, 0.2) is 5.82 Å². The van der Waals surface area contributed by atoms with Gasteiger partial charge >= 0.3 is 0 Å². The van der Waals surface area contributed by atoms with Crippen LogP contribution in [0, 0.1) is 13.8 Å². The minimum absolute atomic E-state index is 0.183. The fraction of sp³-hybridized carbons (Fsp3) is 0.200. The van der Waals surface area contributed by atoms with E-state index in [1.54, 1.807) is 23.0 Å². The zero-order valence-electron chi connectivity index (χ0n) is 13.0. The summed E-state index contributed by atoms with van der Waals surface area (Å²) in [6, 6.07) is 8.92. The molecular formula is C15H15BrN4O2S2. The smallest absolute Gasteiger partial charge is 0.237 e. The Kier molecular flexibility index (Phi) is 4.86. The molecule has 6 nitrogen and oxygen atoms in total. The van der Waals surface area contributed by atoms with Crippen LogP contribution in [0.2, 0.25) is 0 Å². The summed E-state index contributed by atoms with van der Waals surface area (Å²) in [5.41, 5.74) is 2.70. The third-order valence-electron chi connectivity index (χ3n) is 3.32. The van der Waals surface area contributed by atoms with Crippen LogP contribution >= 0.6 is 27.3 Å². The van der Waals surface area contributed by atoms with E-state index >= 15 is 0 Å². The van der Waals surface area contributed by atoms with Gasteiger partial charge in [0, 0.05) is 18.4 Å². The van der Waals surface area contributed by atoms with Crippen LogP contribution in [0.5, 0.6) is 0 Å². The van der Waals surface area contributed by atoms with Crippen molar-refractivity contribution in [2.24, 2.45) is 0 Å². The number of aromatic nitrogens is 3. The number of nitrogens with zero attached hydrogens (tertiary/aromatic N) is 3. The van der Waals surface area contributed by atoms with Crippen LogP contribution < -0.4 is 4.72 Å². The molecule has 3 rings (SSSR count). The number of pyridine rings is 1. The summed E-state index contributed by atoms with van der Waals surface area (Å²) in [7, 11) is -3.51. The zero-order valence-corrected chi connectivity index (χ0v) is 16.2. The standard InChI is InChI=1S/C15H15BrN4O2S2/c1-10-7-11(2)20(19-10)14-5-3-12(8-17-14)9-18-24(21,22)15-6-4-13(16)23-15/h3-8,18H,9H2,1-2H3. The summed E-state index contributed by atoms with van der Waals surface area (Å²) in [5, 5.41) is 4.38. The van der Waals surface area contributed by atoms with Gasteiger partial charge < -0.3 is 0 Å². The first-order valence-corrected chi connectivity index (χ1v) is 10.2. The van der Waals surface area contributed by atoms with E-state index in [9.17, 15) is 8.42 Å². The predicted molar refractivity (Wildman–Crippen MR) is 96.9 cm³/mol. The van der Waals surface area contributed by atoms with Crippen molar-refractivity contribution < 1.29 is 8.42 Å². The molecule has 3 aromatic heterocycles. The maximum Gasteiger partial charge on any atom is 0.250 e. The Balaban J connectivity index is 1.72. The first-order valence-electron chi connectivity index (χ1n) is 7.09. The molecule has 0 aromatic carbocycles. The topological polar surface area (TPSA) is 76.9 Å². The van der Waals surface area contributed by atoms with Crippen molar-refractivity contribution in [2.45, 2.75) is 24.6 Å². The highest BCUT2D eigenvalue weighted by Gasteiger charge is 2.16. The molecule has 0 aliphatic rings. The number of sulfonamides is 1. The van der Waals surface area contributed by atoms with Crippen LogP contribution in [-0.2, 0) is 16.6 Å². The molecule has 0 saturated carbocycles. The average Bonchev–Trinajstić information content (AvgIpc) is 3.12. The SMILES string of the molecule is Cc1cc(C)n(-c2ccc(CNS(=O)(=O)c3ccc(Br)s3)cn2)n1. The lowest BCUT2D eigenvalue weighted by Gasteiger charge is -2.07. The van der Waals surface area contributed by atoms with E-state index in [4.69, 9.17) is 0 Å². The van der Waals surface area contributed by atoms with E-state index in [1.165, 1.54) is 11.3 Å². The number of hydrogen-bond donors (Lipinski definition) is 1. The van der Waals surface area contributed by atoms with Gasteiger partial charge in [0.25, 0.3) is 0 Å². The second-order valence-electron chi connectivity index (χ2n) is 5.25. The van der Waals surface area contributed by atoms with Gasteiger partial charge in [-0.15, -0.1) is 11.3 Å². The van der Waals surface area contributed by atoms with E-state index in [0.29, 0.717) is 5.82 Å². The number of halogens is 1. The van der Waals surface area contributed by atoms with Gasteiger partial charge in [0.1, 0.15) is 4.21 Å². The van der Waals surface area contributed by atoms with Gasteiger partial charge in [-0.05, 0) is 59.6 Å². The lowest BCUT2D eigenvalue weighted by atomic mass is 10.3. The van der Waals surface area contributed by atoms with E-state index < -0.39 is 10.0 Å². The molecular weight excluding hydrogens is 412 g/mol. The third kappa shape index (κ3) is 3.75. The number of thiophene rings is 1. The average molecular weight is 427 g/mol. The van der Waals surface area contributed by atoms with Gasteiger partial charge in [-0.2, -0.15) is 5.10 Å². The molecule has 9 heteroatoms. The Bertz CT molecular complexity index is 962. The minimum Gasteiger partial charge on any atom is -0.237 e. The lowest BCUT2D eigenvalue weighted by molar-refractivity contribution is 0.583. The normalized spacial score (nSPS) is 11.8. The quantitative estimate of drug-likeness (QED) is 0.679. The van der Waals surface area contributed by atoms with E-state index in [-0.39, 0.29) is 10.8 Å². The molecule has 1 N–H and O–H groups in total. The number of hydrogen-bond acceptors (Lipinski definition) is 5. The second kappa shape index (κ2) is 6.75. The molecule has 0 bridgehead atoms. The Hall–Kier alpha value is -1.55. The second-order valence-corrected chi connectivity index (χ2v) is 9.70. The molecule has 3 heterocycles. The van der Waals surface area contributed by atoms with E-state index in [2.05, 4.69) is 30.7 Å². The maximum absolute atomic E-state index is 12.2. The van der Waals surface area contributed by atoms with Crippen LogP contribution in [0.25, 0.3) is 5.82 Å². The minimum atomic E-state index is -3.51. The molecule has 0 unspecified atom stereocenters. The maximum atomic E-state index is 12.2. The van der Waals surface area contributed by atoms with E-state index in [0.717, 1.165) is 20.7 Å².